The highest BCUT2D eigenvalue weighted by Gasteiger charge is 2.34. The molecule has 0 spiro atoms. The normalized spacial score (nSPS) is 15.7. The third-order valence-electron chi connectivity index (χ3n) is 5.57. The fourth-order valence-corrected chi connectivity index (χ4v) is 3.98. The topological polar surface area (TPSA) is 54.6 Å². The number of aromatic amines is 1. The Morgan fingerprint density at radius 1 is 1.00 bits per heavy atom. The van der Waals surface area contributed by atoms with Gasteiger partial charge in [0.15, 0.2) is 6.23 Å². The smallest absolute Gasteiger partial charge is 0.260 e. The van der Waals surface area contributed by atoms with Gasteiger partial charge in [-0.15, -0.1) is 0 Å². The highest BCUT2D eigenvalue weighted by Crippen LogP contribution is 2.31. The average molecular weight is 398 g/mol. The Balaban J connectivity index is 1.49. The molecule has 1 atom stereocenters. The van der Waals surface area contributed by atoms with Crippen LogP contribution >= 0.6 is 0 Å². The molecule has 1 aliphatic heterocycles. The molecule has 4 aromatic rings. The molecule has 3 aromatic carbocycles. The van der Waals surface area contributed by atoms with Crippen LogP contribution in [0.1, 0.15) is 21.5 Å². The van der Waals surface area contributed by atoms with Crippen molar-refractivity contribution in [1.82, 2.24) is 9.88 Å². The molecule has 2 heterocycles. The van der Waals surface area contributed by atoms with Crippen LogP contribution in [0.15, 0.2) is 79.0 Å². The number of benzene rings is 3. The molecule has 1 unspecified atom stereocenters. The predicted octanol–water partition coefficient (Wildman–Crippen LogP) is 4.78. The number of aromatic nitrogens is 1. The van der Waals surface area contributed by atoms with Crippen molar-refractivity contribution in [2.45, 2.75) is 19.2 Å². The lowest BCUT2D eigenvalue weighted by molar-refractivity contribution is 0.00648. The lowest BCUT2D eigenvalue weighted by Gasteiger charge is -2.37. The predicted molar refractivity (Wildman–Crippen MR) is 116 cm³/mol. The Hall–Kier alpha value is -3.73. The van der Waals surface area contributed by atoms with Crippen LogP contribution in [0.5, 0.6) is 11.5 Å². The van der Waals surface area contributed by atoms with Crippen LogP contribution in [0.2, 0.25) is 0 Å². The van der Waals surface area contributed by atoms with Crippen molar-refractivity contribution in [1.29, 1.82) is 0 Å². The molecule has 0 saturated heterocycles. The van der Waals surface area contributed by atoms with Gasteiger partial charge in [-0.1, -0.05) is 42.5 Å². The van der Waals surface area contributed by atoms with Gasteiger partial charge in [-0.2, -0.15) is 0 Å². The first-order valence-corrected chi connectivity index (χ1v) is 9.97. The molecule has 1 amide bonds. The lowest BCUT2D eigenvalue weighted by atomic mass is 10.0. The fraction of sp³-hybridized carbons (Fsp3) is 0.160. The summed E-state index contributed by atoms with van der Waals surface area (Å²) >= 11 is 0. The fourth-order valence-electron chi connectivity index (χ4n) is 3.98. The van der Waals surface area contributed by atoms with Crippen LogP contribution in [0.3, 0.4) is 0 Å². The van der Waals surface area contributed by atoms with Crippen molar-refractivity contribution < 1.29 is 14.3 Å². The zero-order chi connectivity index (χ0) is 20.5. The standard InChI is InChI=1S/C25H22N2O3/c1-29-19-12-10-17(11-13-19)16-27-24(30-23-9-5-3-7-21(23)25(27)28)14-18-15-26-22-8-4-2-6-20(18)22/h2-13,15,24,26H,14,16H2,1H3. The number of rotatable bonds is 5. The van der Waals surface area contributed by atoms with E-state index in [0.29, 0.717) is 24.3 Å². The van der Waals surface area contributed by atoms with Crippen molar-refractivity contribution in [2.75, 3.05) is 7.11 Å². The highest BCUT2D eigenvalue weighted by atomic mass is 16.5. The molecule has 0 bridgehead atoms. The summed E-state index contributed by atoms with van der Waals surface area (Å²) in [5, 5.41) is 1.15. The van der Waals surface area contributed by atoms with Gasteiger partial charge in [0.1, 0.15) is 11.5 Å². The second-order valence-electron chi connectivity index (χ2n) is 7.41. The molecule has 30 heavy (non-hydrogen) atoms. The van der Waals surface area contributed by atoms with E-state index in [-0.39, 0.29) is 5.91 Å². The van der Waals surface area contributed by atoms with E-state index in [2.05, 4.69) is 17.1 Å². The van der Waals surface area contributed by atoms with E-state index < -0.39 is 6.23 Å². The van der Waals surface area contributed by atoms with Crippen LogP contribution in [-0.2, 0) is 13.0 Å². The highest BCUT2D eigenvalue weighted by molar-refractivity contribution is 5.98. The number of nitrogens with zero attached hydrogens (tertiary/aromatic N) is 1. The Bertz CT molecular complexity index is 1200. The molecule has 1 N–H and O–H groups in total. The number of para-hydroxylation sites is 2. The van der Waals surface area contributed by atoms with Gasteiger partial charge in [0, 0.05) is 30.1 Å². The van der Waals surface area contributed by atoms with E-state index >= 15 is 0 Å². The molecule has 0 radical (unpaired) electrons. The Labute approximate surface area is 174 Å². The Kier molecular flexibility index (Phi) is 4.64. The summed E-state index contributed by atoms with van der Waals surface area (Å²) in [4.78, 5) is 18.5. The number of ether oxygens (including phenoxy) is 2. The Morgan fingerprint density at radius 3 is 2.60 bits per heavy atom. The summed E-state index contributed by atoms with van der Waals surface area (Å²) in [5.74, 6) is 1.41. The summed E-state index contributed by atoms with van der Waals surface area (Å²) in [6, 6.07) is 23.4. The molecule has 0 aliphatic carbocycles. The van der Waals surface area contributed by atoms with E-state index in [1.165, 1.54) is 0 Å². The van der Waals surface area contributed by atoms with Gasteiger partial charge in [0.05, 0.1) is 12.7 Å². The average Bonchev–Trinajstić information content (AvgIpc) is 3.20. The monoisotopic (exact) mass is 398 g/mol. The van der Waals surface area contributed by atoms with Crippen molar-refractivity contribution in [3.8, 4) is 11.5 Å². The maximum absolute atomic E-state index is 13.4. The van der Waals surface area contributed by atoms with Crippen molar-refractivity contribution >= 4 is 16.8 Å². The molecule has 5 nitrogen and oxygen atoms in total. The number of carbonyl (C=O) groups excluding carboxylic acids is 1. The molecular formula is C25H22N2O3. The van der Waals surface area contributed by atoms with Gasteiger partial charge in [-0.3, -0.25) is 9.69 Å². The third kappa shape index (κ3) is 3.28. The van der Waals surface area contributed by atoms with Gasteiger partial charge >= 0.3 is 0 Å². The number of nitrogens with one attached hydrogen (secondary N) is 1. The van der Waals surface area contributed by atoms with Gasteiger partial charge in [-0.25, -0.2) is 0 Å². The van der Waals surface area contributed by atoms with Gasteiger partial charge in [0.2, 0.25) is 0 Å². The third-order valence-corrected chi connectivity index (χ3v) is 5.57. The second-order valence-corrected chi connectivity index (χ2v) is 7.41. The summed E-state index contributed by atoms with van der Waals surface area (Å²) < 4.78 is 11.6. The molecular weight excluding hydrogens is 376 g/mol. The second kappa shape index (κ2) is 7.59. The van der Waals surface area contributed by atoms with E-state index in [1.54, 1.807) is 7.11 Å². The zero-order valence-electron chi connectivity index (χ0n) is 16.7. The maximum Gasteiger partial charge on any atom is 0.260 e. The number of H-pyrrole nitrogens is 1. The van der Waals surface area contributed by atoms with Crippen LogP contribution in [-0.4, -0.2) is 29.1 Å². The van der Waals surface area contributed by atoms with Crippen LogP contribution in [0, 0.1) is 0 Å². The Morgan fingerprint density at radius 2 is 1.77 bits per heavy atom. The minimum absolute atomic E-state index is 0.0162. The zero-order valence-corrected chi connectivity index (χ0v) is 16.7. The molecule has 5 heteroatoms. The first-order chi connectivity index (χ1) is 14.7. The van der Waals surface area contributed by atoms with Gasteiger partial charge in [-0.05, 0) is 41.5 Å². The van der Waals surface area contributed by atoms with Crippen molar-refractivity contribution in [2.24, 2.45) is 0 Å². The van der Waals surface area contributed by atoms with E-state index in [1.807, 2.05) is 71.8 Å². The summed E-state index contributed by atoms with van der Waals surface area (Å²) in [7, 11) is 1.64. The summed E-state index contributed by atoms with van der Waals surface area (Å²) in [6.07, 6.45) is 2.21. The largest absolute Gasteiger partial charge is 0.497 e. The van der Waals surface area contributed by atoms with Crippen LogP contribution in [0.4, 0.5) is 0 Å². The van der Waals surface area contributed by atoms with E-state index in [0.717, 1.165) is 27.8 Å². The van der Waals surface area contributed by atoms with Gasteiger partial charge in [0.25, 0.3) is 5.91 Å². The van der Waals surface area contributed by atoms with Crippen LogP contribution in [0.25, 0.3) is 10.9 Å². The van der Waals surface area contributed by atoms with Crippen LogP contribution < -0.4 is 9.47 Å². The number of methoxy groups -OCH3 is 1. The summed E-state index contributed by atoms with van der Waals surface area (Å²) in [5.41, 5.74) is 3.83. The number of amides is 1. The number of hydrogen-bond donors (Lipinski definition) is 1. The quantitative estimate of drug-likeness (QED) is 0.526. The molecule has 150 valence electrons. The molecule has 0 saturated carbocycles. The van der Waals surface area contributed by atoms with Crippen molar-refractivity contribution in [3.05, 3.63) is 95.7 Å². The maximum atomic E-state index is 13.4. The molecule has 0 fully saturated rings. The number of hydrogen-bond acceptors (Lipinski definition) is 3. The first-order valence-electron chi connectivity index (χ1n) is 9.97. The van der Waals surface area contributed by atoms with Gasteiger partial charge < -0.3 is 14.5 Å². The lowest BCUT2D eigenvalue weighted by Crippen LogP contribution is -2.48. The summed E-state index contributed by atoms with van der Waals surface area (Å²) in [6.45, 7) is 0.462. The van der Waals surface area contributed by atoms with Crippen molar-refractivity contribution in [3.63, 3.8) is 0 Å². The SMILES string of the molecule is COc1ccc(CN2C(=O)c3ccccc3OC2Cc2c[nH]c3ccccc23)cc1. The number of carbonyl (C=O) groups is 1. The van der Waals surface area contributed by atoms with E-state index in [4.69, 9.17) is 9.47 Å². The molecule has 1 aliphatic rings. The number of fused-ring (bicyclic) bond motifs is 2. The minimum Gasteiger partial charge on any atom is -0.497 e. The van der Waals surface area contributed by atoms with E-state index in [9.17, 15) is 4.79 Å². The molecule has 5 rings (SSSR count). The minimum atomic E-state index is -0.395. The first kappa shape index (κ1) is 18.3. The molecule has 1 aromatic heterocycles.